The van der Waals surface area contributed by atoms with Gasteiger partial charge in [0.2, 0.25) is 5.91 Å². The van der Waals surface area contributed by atoms with Gasteiger partial charge in [0, 0.05) is 6.54 Å². The molecule has 1 heterocycles. The molecule has 94 valence electrons. The molecule has 16 heavy (non-hydrogen) atoms. The maximum Gasteiger partial charge on any atom is 0.401 e. The highest BCUT2D eigenvalue weighted by Crippen LogP contribution is 2.16. The number of amides is 1. The maximum absolute atomic E-state index is 11.8. The Balaban J connectivity index is 2.29. The van der Waals surface area contributed by atoms with Crippen molar-refractivity contribution in [2.75, 3.05) is 26.2 Å². The number of carbonyl (C=O) groups is 1. The maximum atomic E-state index is 11.8. The second-order valence-electron chi connectivity index (χ2n) is 3.78. The molecule has 0 bridgehead atoms. The van der Waals surface area contributed by atoms with Crippen LogP contribution in [0.2, 0.25) is 0 Å². The molecular weight excluding hydrogens is 225 g/mol. The van der Waals surface area contributed by atoms with Crippen LogP contribution >= 0.6 is 0 Å². The van der Waals surface area contributed by atoms with Crippen LogP contribution < -0.4 is 5.32 Å². The van der Waals surface area contributed by atoms with Crippen LogP contribution in [-0.2, 0) is 4.79 Å². The van der Waals surface area contributed by atoms with E-state index < -0.39 is 12.7 Å². The van der Waals surface area contributed by atoms with Gasteiger partial charge in [0.05, 0.1) is 25.7 Å². The Morgan fingerprint density at radius 1 is 1.50 bits per heavy atom. The summed E-state index contributed by atoms with van der Waals surface area (Å²) in [6.45, 7) is -1.13. The highest BCUT2D eigenvalue weighted by molar-refractivity contribution is 5.78. The summed E-state index contributed by atoms with van der Waals surface area (Å²) in [6, 6.07) is -0.236. The molecule has 1 fully saturated rings. The zero-order valence-corrected chi connectivity index (χ0v) is 8.76. The molecule has 1 atom stereocenters. The molecule has 4 nitrogen and oxygen atoms in total. The molecule has 0 radical (unpaired) electrons. The Kier molecular flexibility index (Phi) is 4.55. The van der Waals surface area contributed by atoms with Crippen molar-refractivity contribution in [2.24, 2.45) is 0 Å². The fraction of sp³-hybridized carbons (Fsp3) is 0.889. The lowest BCUT2D eigenvalue weighted by atomic mass is 10.2. The van der Waals surface area contributed by atoms with E-state index in [0.29, 0.717) is 13.0 Å². The molecule has 0 spiro atoms. The Labute approximate surface area is 91.4 Å². The molecule has 1 amide bonds. The van der Waals surface area contributed by atoms with Crippen LogP contribution in [0.5, 0.6) is 0 Å². The zero-order valence-electron chi connectivity index (χ0n) is 8.76. The predicted molar refractivity (Wildman–Crippen MR) is 50.7 cm³/mol. The van der Waals surface area contributed by atoms with E-state index >= 15 is 0 Å². The first-order chi connectivity index (χ1) is 7.44. The van der Waals surface area contributed by atoms with Gasteiger partial charge in [-0.2, -0.15) is 13.2 Å². The van der Waals surface area contributed by atoms with Crippen molar-refractivity contribution < 1.29 is 23.1 Å². The van der Waals surface area contributed by atoms with Crippen LogP contribution in [0.4, 0.5) is 13.2 Å². The number of hydrogen-bond acceptors (Lipinski definition) is 3. The summed E-state index contributed by atoms with van der Waals surface area (Å²) in [7, 11) is 0. The van der Waals surface area contributed by atoms with E-state index in [2.05, 4.69) is 0 Å². The van der Waals surface area contributed by atoms with E-state index in [9.17, 15) is 18.0 Å². The van der Waals surface area contributed by atoms with Crippen molar-refractivity contribution in [1.82, 2.24) is 10.2 Å². The lowest BCUT2D eigenvalue weighted by Crippen LogP contribution is -2.44. The minimum atomic E-state index is -4.30. The lowest BCUT2D eigenvalue weighted by Gasteiger charge is -2.23. The minimum Gasteiger partial charge on any atom is -0.394 e. The number of nitrogens with one attached hydrogen (secondary N) is 1. The number of alkyl halides is 3. The van der Waals surface area contributed by atoms with Crippen LogP contribution in [0.1, 0.15) is 12.8 Å². The van der Waals surface area contributed by atoms with Crippen LogP contribution in [0.25, 0.3) is 0 Å². The highest BCUT2D eigenvalue weighted by atomic mass is 19.4. The first-order valence-corrected chi connectivity index (χ1v) is 5.12. The van der Waals surface area contributed by atoms with Crippen molar-refractivity contribution in [2.45, 2.75) is 25.1 Å². The Bertz CT molecular complexity index is 245. The second-order valence-corrected chi connectivity index (χ2v) is 3.78. The molecular formula is C9H15F3N2O2. The number of nitrogens with zero attached hydrogens (tertiary/aromatic N) is 1. The summed E-state index contributed by atoms with van der Waals surface area (Å²) in [5, 5.41) is 11.0. The Morgan fingerprint density at radius 3 is 2.75 bits per heavy atom. The fourth-order valence-electron chi connectivity index (χ4n) is 1.77. The molecule has 0 aromatic heterocycles. The van der Waals surface area contributed by atoms with E-state index in [1.54, 1.807) is 0 Å². The summed E-state index contributed by atoms with van der Waals surface area (Å²) in [5.74, 6) is -0.388. The number of aliphatic hydroxyl groups excluding tert-OH is 1. The summed E-state index contributed by atoms with van der Waals surface area (Å²) < 4.78 is 35.4. The number of hydrogen-bond donors (Lipinski definition) is 2. The normalized spacial score (nSPS) is 21.5. The molecule has 0 aliphatic carbocycles. The van der Waals surface area contributed by atoms with Gasteiger partial charge in [-0.15, -0.1) is 0 Å². The van der Waals surface area contributed by atoms with E-state index in [0.717, 1.165) is 6.42 Å². The van der Waals surface area contributed by atoms with Crippen molar-refractivity contribution in [3.8, 4) is 0 Å². The molecule has 1 rings (SSSR count). The fourth-order valence-corrected chi connectivity index (χ4v) is 1.77. The van der Waals surface area contributed by atoms with Crippen LogP contribution in [0, 0.1) is 0 Å². The summed E-state index contributed by atoms with van der Waals surface area (Å²) in [6.07, 6.45) is -2.81. The molecule has 0 aromatic rings. The molecule has 0 saturated carbocycles. The van der Waals surface area contributed by atoms with Crippen LogP contribution in [-0.4, -0.2) is 54.4 Å². The molecule has 0 aromatic carbocycles. The first kappa shape index (κ1) is 13.2. The van der Waals surface area contributed by atoms with Gasteiger partial charge in [0.1, 0.15) is 0 Å². The van der Waals surface area contributed by atoms with Gasteiger partial charge in [-0.3, -0.25) is 4.79 Å². The average Bonchev–Trinajstić information content (AvgIpc) is 2.63. The van der Waals surface area contributed by atoms with Gasteiger partial charge in [-0.05, 0) is 12.8 Å². The summed E-state index contributed by atoms with van der Waals surface area (Å²) >= 11 is 0. The third-order valence-electron chi connectivity index (χ3n) is 2.51. The zero-order chi connectivity index (χ0) is 12.2. The first-order valence-electron chi connectivity index (χ1n) is 5.12. The third kappa shape index (κ3) is 3.97. The van der Waals surface area contributed by atoms with E-state index in [4.69, 9.17) is 5.11 Å². The SMILES string of the molecule is O=C(CNCC(F)(F)F)N1CCC[C@H]1CO. The minimum absolute atomic E-state index is 0.134. The van der Waals surface area contributed by atoms with Crippen molar-refractivity contribution >= 4 is 5.91 Å². The van der Waals surface area contributed by atoms with Gasteiger partial charge in [-0.1, -0.05) is 0 Å². The topological polar surface area (TPSA) is 52.6 Å². The number of carbonyl (C=O) groups excluding carboxylic acids is 1. The number of halogens is 3. The van der Waals surface area contributed by atoms with Crippen molar-refractivity contribution in [3.05, 3.63) is 0 Å². The monoisotopic (exact) mass is 240 g/mol. The van der Waals surface area contributed by atoms with E-state index in [1.807, 2.05) is 5.32 Å². The Hall–Kier alpha value is -0.820. The molecule has 2 N–H and O–H groups in total. The highest BCUT2D eigenvalue weighted by Gasteiger charge is 2.30. The van der Waals surface area contributed by atoms with Crippen LogP contribution in [0.3, 0.4) is 0 Å². The van der Waals surface area contributed by atoms with Crippen molar-refractivity contribution in [3.63, 3.8) is 0 Å². The smallest absolute Gasteiger partial charge is 0.394 e. The second kappa shape index (κ2) is 5.49. The quantitative estimate of drug-likeness (QED) is 0.734. The molecule has 1 aliphatic heterocycles. The largest absolute Gasteiger partial charge is 0.401 e. The predicted octanol–water partition coefficient (Wildman–Crippen LogP) is 0.122. The van der Waals surface area contributed by atoms with Gasteiger partial charge in [0.15, 0.2) is 0 Å². The standard InChI is InChI=1S/C9H15F3N2O2/c10-9(11,12)6-13-4-8(16)14-3-1-2-7(14)5-15/h7,13,15H,1-6H2/t7-/m0/s1. The molecule has 7 heteroatoms. The summed E-state index contributed by atoms with van der Waals surface area (Å²) in [4.78, 5) is 12.9. The molecule has 0 unspecified atom stereocenters. The van der Waals surface area contributed by atoms with Gasteiger partial charge in [0.25, 0.3) is 0 Å². The lowest BCUT2D eigenvalue weighted by molar-refractivity contribution is -0.135. The van der Waals surface area contributed by atoms with Crippen molar-refractivity contribution in [1.29, 1.82) is 0 Å². The van der Waals surface area contributed by atoms with E-state index in [-0.39, 0.29) is 25.1 Å². The van der Waals surface area contributed by atoms with Gasteiger partial charge >= 0.3 is 6.18 Å². The number of rotatable bonds is 4. The summed E-state index contributed by atoms with van der Waals surface area (Å²) in [5.41, 5.74) is 0. The Morgan fingerprint density at radius 2 is 2.19 bits per heavy atom. The van der Waals surface area contributed by atoms with E-state index in [1.165, 1.54) is 4.90 Å². The number of likely N-dealkylation sites (tertiary alicyclic amines) is 1. The average molecular weight is 240 g/mol. The van der Waals surface area contributed by atoms with Gasteiger partial charge in [-0.25, -0.2) is 0 Å². The molecule has 1 saturated heterocycles. The van der Waals surface area contributed by atoms with Gasteiger partial charge < -0.3 is 15.3 Å². The third-order valence-corrected chi connectivity index (χ3v) is 2.51. The molecule has 1 aliphatic rings. The van der Waals surface area contributed by atoms with Crippen LogP contribution in [0.15, 0.2) is 0 Å². The number of aliphatic hydroxyl groups is 1.